The van der Waals surface area contributed by atoms with Crippen LogP contribution in [-0.2, 0) is 0 Å². The van der Waals surface area contributed by atoms with Crippen molar-refractivity contribution in [1.29, 1.82) is 0 Å². The fourth-order valence-corrected chi connectivity index (χ4v) is 1.88. The summed E-state index contributed by atoms with van der Waals surface area (Å²) in [5.74, 6) is 1.34. The highest BCUT2D eigenvalue weighted by atomic mass is 15.2. The second-order valence-electron chi connectivity index (χ2n) is 4.28. The predicted octanol–water partition coefficient (Wildman–Crippen LogP) is 2.50. The maximum atomic E-state index is 4.09. The molecular formula is C10H19N. The molecule has 1 heterocycles. The third-order valence-electron chi connectivity index (χ3n) is 3.69. The molecule has 0 aromatic carbocycles. The molecule has 0 aromatic rings. The van der Waals surface area contributed by atoms with E-state index >= 15 is 0 Å². The summed E-state index contributed by atoms with van der Waals surface area (Å²) in [6.45, 7) is 13.2. The summed E-state index contributed by atoms with van der Waals surface area (Å²) in [6, 6.07) is 0. The third-order valence-corrected chi connectivity index (χ3v) is 3.69. The van der Waals surface area contributed by atoms with Crippen LogP contribution in [0, 0.1) is 11.8 Å². The van der Waals surface area contributed by atoms with E-state index in [1.807, 2.05) is 0 Å². The van der Waals surface area contributed by atoms with Crippen LogP contribution in [0.2, 0.25) is 0 Å². The van der Waals surface area contributed by atoms with E-state index in [0.29, 0.717) is 11.8 Å². The smallest absolute Gasteiger partial charge is 0.0371 e. The molecule has 1 nitrogen and oxygen atoms in total. The van der Waals surface area contributed by atoms with Crippen LogP contribution in [0.15, 0.2) is 12.3 Å². The van der Waals surface area contributed by atoms with Crippen molar-refractivity contribution >= 4 is 0 Å². The van der Waals surface area contributed by atoms with E-state index in [1.54, 1.807) is 0 Å². The molecule has 0 bridgehead atoms. The molecule has 1 rings (SSSR count). The van der Waals surface area contributed by atoms with Crippen molar-refractivity contribution in [3.8, 4) is 0 Å². The Balaban J connectivity index is 2.96. The number of allylic oxidation sites excluding steroid dienone is 1. The molecular weight excluding hydrogens is 134 g/mol. The van der Waals surface area contributed by atoms with Crippen molar-refractivity contribution in [1.82, 2.24) is 4.90 Å². The fourth-order valence-electron chi connectivity index (χ4n) is 1.88. The molecule has 0 radical (unpaired) electrons. The molecule has 1 unspecified atom stereocenters. The van der Waals surface area contributed by atoms with Gasteiger partial charge in [0.15, 0.2) is 0 Å². The van der Waals surface area contributed by atoms with Crippen LogP contribution in [0.1, 0.15) is 27.7 Å². The van der Waals surface area contributed by atoms with Crippen LogP contribution >= 0.6 is 0 Å². The quantitative estimate of drug-likeness (QED) is 0.517. The highest BCUT2D eigenvalue weighted by Crippen LogP contribution is 2.42. The van der Waals surface area contributed by atoms with Gasteiger partial charge in [-0.1, -0.05) is 20.4 Å². The molecule has 1 saturated heterocycles. The molecule has 0 spiro atoms. The maximum Gasteiger partial charge on any atom is 0.0371 e. The van der Waals surface area contributed by atoms with Crippen molar-refractivity contribution < 1.29 is 0 Å². The Morgan fingerprint density at radius 3 is 1.91 bits per heavy atom. The largest absolute Gasteiger partial charge is 0.373 e. The second-order valence-corrected chi connectivity index (χ2v) is 4.28. The van der Waals surface area contributed by atoms with Gasteiger partial charge in [0.2, 0.25) is 0 Å². The van der Waals surface area contributed by atoms with Gasteiger partial charge in [-0.25, -0.2) is 0 Å². The van der Waals surface area contributed by atoms with Gasteiger partial charge >= 0.3 is 0 Å². The summed E-state index contributed by atoms with van der Waals surface area (Å²) in [6.07, 6.45) is 0. The number of rotatable bonds is 0. The zero-order chi connectivity index (χ0) is 8.81. The van der Waals surface area contributed by atoms with Crippen LogP contribution in [0.5, 0.6) is 0 Å². The summed E-state index contributed by atoms with van der Waals surface area (Å²) in [5, 5.41) is 0. The van der Waals surface area contributed by atoms with E-state index in [-0.39, 0.29) is 5.54 Å². The first-order valence-electron chi connectivity index (χ1n) is 4.31. The van der Waals surface area contributed by atoms with E-state index in [1.165, 1.54) is 5.70 Å². The van der Waals surface area contributed by atoms with Crippen LogP contribution in [0.25, 0.3) is 0 Å². The van der Waals surface area contributed by atoms with Crippen LogP contribution in [0.3, 0.4) is 0 Å². The third kappa shape index (κ3) is 0.979. The van der Waals surface area contributed by atoms with Crippen molar-refractivity contribution in [2.45, 2.75) is 33.2 Å². The van der Waals surface area contributed by atoms with Gasteiger partial charge in [0.25, 0.3) is 0 Å². The van der Waals surface area contributed by atoms with Crippen molar-refractivity contribution in [2.24, 2.45) is 11.8 Å². The number of hydrogen-bond donors (Lipinski definition) is 0. The maximum absolute atomic E-state index is 4.09. The van der Waals surface area contributed by atoms with Gasteiger partial charge in [-0.3, -0.25) is 0 Å². The Hall–Kier alpha value is -0.460. The zero-order valence-corrected chi connectivity index (χ0v) is 8.31. The number of likely N-dealkylation sites (tertiary alicyclic amines) is 1. The lowest BCUT2D eigenvalue weighted by Crippen LogP contribution is -2.38. The Labute approximate surface area is 70.1 Å². The zero-order valence-electron chi connectivity index (χ0n) is 8.31. The first-order chi connectivity index (χ1) is 4.89. The molecule has 1 heteroatoms. The van der Waals surface area contributed by atoms with Crippen molar-refractivity contribution in [2.75, 3.05) is 7.05 Å². The molecule has 1 aliphatic rings. The SMILES string of the molecule is C=C1[C@@H](C)C(C)C(C)(C)N1C. The number of nitrogens with zero attached hydrogens (tertiary/aromatic N) is 1. The molecule has 0 N–H and O–H groups in total. The van der Waals surface area contributed by atoms with E-state index in [0.717, 1.165) is 0 Å². The summed E-state index contributed by atoms with van der Waals surface area (Å²) in [4.78, 5) is 2.31. The molecule has 64 valence electrons. The lowest BCUT2D eigenvalue weighted by Gasteiger charge is -2.33. The Morgan fingerprint density at radius 1 is 1.36 bits per heavy atom. The summed E-state index contributed by atoms with van der Waals surface area (Å²) in [5.41, 5.74) is 1.57. The van der Waals surface area contributed by atoms with Crippen LogP contribution in [-0.4, -0.2) is 17.5 Å². The van der Waals surface area contributed by atoms with E-state index in [9.17, 15) is 0 Å². The van der Waals surface area contributed by atoms with Gasteiger partial charge < -0.3 is 4.90 Å². The minimum absolute atomic E-state index is 0.288. The minimum atomic E-state index is 0.288. The standard InChI is InChI=1S/C10H19N/c1-7-8(2)10(4,5)11(6)9(7)3/h7-8H,3H2,1-2,4-6H3/t7-,8?/m0/s1. The van der Waals surface area contributed by atoms with Gasteiger partial charge in [0.05, 0.1) is 0 Å². The topological polar surface area (TPSA) is 3.24 Å². The first-order valence-corrected chi connectivity index (χ1v) is 4.31. The highest BCUT2D eigenvalue weighted by Gasteiger charge is 2.42. The average Bonchev–Trinajstić information content (AvgIpc) is 2.06. The van der Waals surface area contributed by atoms with Gasteiger partial charge in [-0.05, 0) is 19.8 Å². The van der Waals surface area contributed by atoms with Gasteiger partial charge in [0.1, 0.15) is 0 Å². The lowest BCUT2D eigenvalue weighted by molar-refractivity contribution is 0.194. The first kappa shape index (κ1) is 8.63. The summed E-state index contributed by atoms with van der Waals surface area (Å²) < 4.78 is 0. The average molecular weight is 153 g/mol. The molecule has 11 heavy (non-hydrogen) atoms. The normalized spacial score (nSPS) is 36.5. The van der Waals surface area contributed by atoms with E-state index < -0.39 is 0 Å². The van der Waals surface area contributed by atoms with E-state index in [2.05, 4.69) is 46.2 Å². The van der Waals surface area contributed by atoms with Gasteiger partial charge in [-0.2, -0.15) is 0 Å². The molecule has 2 atom stereocenters. The Bertz CT molecular complexity index is 181. The molecule has 1 fully saturated rings. The highest BCUT2D eigenvalue weighted by molar-refractivity contribution is 5.14. The monoisotopic (exact) mass is 153 g/mol. The summed E-state index contributed by atoms with van der Waals surface area (Å²) in [7, 11) is 2.14. The molecule has 0 saturated carbocycles. The van der Waals surface area contributed by atoms with Crippen molar-refractivity contribution in [3.63, 3.8) is 0 Å². The second kappa shape index (κ2) is 2.26. The van der Waals surface area contributed by atoms with Crippen molar-refractivity contribution in [3.05, 3.63) is 12.3 Å². The fraction of sp³-hybridized carbons (Fsp3) is 0.800. The van der Waals surface area contributed by atoms with Gasteiger partial charge in [0, 0.05) is 24.2 Å². The Morgan fingerprint density at radius 2 is 1.82 bits per heavy atom. The molecule has 0 aliphatic carbocycles. The Kier molecular flexibility index (Phi) is 1.78. The van der Waals surface area contributed by atoms with Gasteiger partial charge in [-0.15, -0.1) is 0 Å². The predicted molar refractivity (Wildman–Crippen MR) is 49.3 cm³/mol. The summed E-state index contributed by atoms with van der Waals surface area (Å²) >= 11 is 0. The van der Waals surface area contributed by atoms with Crippen LogP contribution in [0.4, 0.5) is 0 Å². The molecule has 0 aromatic heterocycles. The minimum Gasteiger partial charge on any atom is -0.373 e. The van der Waals surface area contributed by atoms with E-state index in [4.69, 9.17) is 0 Å². The van der Waals surface area contributed by atoms with Crippen LogP contribution < -0.4 is 0 Å². The molecule has 1 aliphatic heterocycles. The number of hydrogen-bond acceptors (Lipinski definition) is 1. The molecule has 0 amide bonds. The lowest BCUT2D eigenvalue weighted by atomic mass is 9.84.